The summed E-state index contributed by atoms with van der Waals surface area (Å²) in [7, 11) is 0. The number of benzene rings is 2. The maximum atomic E-state index is 12.5. The van der Waals surface area contributed by atoms with Crippen molar-refractivity contribution in [2.45, 2.75) is 13.8 Å². The molecule has 2 aromatic carbocycles. The Morgan fingerprint density at radius 2 is 1.76 bits per heavy atom. The summed E-state index contributed by atoms with van der Waals surface area (Å²) < 4.78 is 0.981. The summed E-state index contributed by atoms with van der Waals surface area (Å²) in [6, 6.07) is 15.5. The fraction of sp³-hybridized carbons (Fsp3) is 0.100. The molecule has 0 bridgehead atoms. The third kappa shape index (κ3) is 4.25. The summed E-state index contributed by atoms with van der Waals surface area (Å²) in [6.45, 7) is 3.98. The van der Waals surface area contributed by atoms with E-state index >= 15 is 0 Å². The van der Waals surface area contributed by atoms with Crippen LogP contribution in [0, 0.1) is 13.8 Å². The lowest BCUT2D eigenvalue weighted by Gasteiger charge is -2.11. The van der Waals surface area contributed by atoms with Gasteiger partial charge in [0.1, 0.15) is 0 Å². The van der Waals surface area contributed by atoms with Crippen LogP contribution in [-0.4, -0.2) is 10.9 Å². The zero-order valence-corrected chi connectivity index (χ0v) is 15.6. The molecule has 2 N–H and O–H groups in total. The Labute approximate surface area is 155 Å². The van der Waals surface area contributed by atoms with Crippen LogP contribution in [0.4, 0.5) is 17.1 Å². The number of pyridine rings is 1. The Hall–Kier alpha value is -2.66. The molecule has 0 fully saturated rings. The number of hydrogen-bond donors (Lipinski definition) is 2. The molecule has 0 saturated heterocycles. The molecule has 0 aliphatic carbocycles. The van der Waals surface area contributed by atoms with E-state index in [1.165, 1.54) is 0 Å². The van der Waals surface area contributed by atoms with Gasteiger partial charge in [0.25, 0.3) is 5.91 Å². The maximum absolute atomic E-state index is 12.5. The molecule has 1 amide bonds. The first-order chi connectivity index (χ1) is 12.0. The van der Waals surface area contributed by atoms with Gasteiger partial charge in [-0.15, -0.1) is 0 Å². The summed E-state index contributed by atoms with van der Waals surface area (Å²) in [6.07, 6.45) is 3.26. The molecular weight excluding hydrogens is 378 g/mol. The fourth-order valence-electron chi connectivity index (χ4n) is 2.46. The molecule has 0 spiro atoms. The highest BCUT2D eigenvalue weighted by Crippen LogP contribution is 2.22. The number of amides is 1. The van der Waals surface area contributed by atoms with E-state index < -0.39 is 0 Å². The number of aryl methyl sites for hydroxylation is 2. The Balaban J connectivity index is 1.79. The van der Waals surface area contributed by atoms with Crippen LogP contribution in [-0.2, 0) is 0 Å². The van der Waals surface area contributed by atoms with Gasteiger partial charge in [0.15, 0.2) is 0 Å². The molecule has 1 aromatic heterocycles. The highest BCUT2D eigenvalue weighted by Gasteiger charge is 2.10. The minimum atomic E-state index is -0.189. The zero-order valence-electron chi connectivity index (χ0n) is 14.0. The molecule has 0 unspecified atom stereocenters. The molecule has 0 saturated carbocycles. The van der Waals surface area contributed by atoms with Gasteiger partial charge in [0.2, 0.25) is 0 Å². The number of para-hydroxylation sites is 1. The molecule has 5 heteroatoms. The Morgan fingerprint density at radius 1 is 0.960 bits per heavy atom. The van der Waals surface area contributed by atoms with Crippen molar-refractivity contribution in [3.63, 3.8) is 0 Å². The van der Waals surface area contributed by atoms with Gasteiger partial charge < -0.3 is 10.6 Å². The molecule has 126 valence electrons. The number of nitrogens with zero attached hydrogens (tertiary/aromatic N) is 1. The molecule has 0 atom stereocenters. The zero-order chi connectivity index (χ0) is 17.8. The molecule has 0 aliphatic heterocycles. The summed E-state index contributed by atoms with van der Waals surface area (Å²) in [4.78, 5) is 16.7. The van der Waals surface area contributed by atoms with E-state index in [0.29, 0.717) is 5.56 Å². The topological polar surface area (TPSA) is 54.0 Å². The van der Waals surface area contributed by atoms with Crippen LogP contribution >= 0.6 is 15.9 Å². The summed E-state index contributed by atoms with van der Waals surface area (Å²) in [5.74, 6) is -0.189. The van der Waals surface area contributed by atoms with Crippen molar-refractivity contribution in [1.82, 2.24) is 4.98 Å². The smallest absolute Gasteiger partial charge is 0.257 e. The quantitative estimate of drug-likeness (QED) is 0.616. The van der Waals surface area contributed by atoms with Crippen molar-refractivity contribution < 1.29 is 4.79 Å². The van der Waals surface area contributed by atoms with Gasteiger partial charge >= 0.3 is 0 Å². The molecule has 3 rings (SSSR count). The van der Waals surface area contributed by atoms with Crippen molar-refractivity contribution in [2.24, 2.45) is 0 Å². The highest BCUT2D eigenvalue weighted by atomic mass is 79.9. The van der Waals surface area contributed by atoms with Crippen LogP contribution in [0.1, 0.15) is 21.5 Å². The van der Waals surface area contributed by atoms with E-state index in [1.54, 1.807) is 18.5 Å². The molecule has 25 heavy (non-hydrogen) atoms. The third-order valence-corrected chi connectivity index (χ3v) is 4.35. The van der Waals surface area contributed by atoms with E-state index in [2.05, 4.69) is 31.5 Å². The van der Waals surface area contributed by atoms with Crippen molar-refractivity contribution >= 4 is 38.9 Å². The number of hydrogen-bond acceptors (Lipinski definition) is 3. The first-order valence-electron chi connectivity index (χ1n) is 7.88. The number of aromatic nitrogens is 1. The summed E-state index contributed by atoms with van der Waals surface area (Å²) in [5.41, 5.74) is 5.17. The number of anilines is 3. The van der Waals surface area contributed by atoms with Crippen LogP contribution in [0.3, 0.4) is 0 Å². The number of carbonyl (C=O) groups is 1. The normalized spacial score (nSPS) is 10.4. The second-order valence-electron chi connectivity index (χ2n) is 5.82. The third-order valence-electron chi connectivity index (χ3n) is 3.86. The van der Waals surface area contributed by atoms with Crippen molar-refractivity contribution in [3.8, 4) is 0 Å². The Kier molecular flexibility index (Phi) is 5.14. The van der Waals surface area contributed by atoms with E-state index in [1.807, 2.05) is 56.3 Å². The molecule has 4 nitrogen and oxygen atoms in total. The van der Waals surface area contributed by atoms with Crippen LogP contribution in [0.5, 0.6) is 0 Å². The van der Waals surface area contributed by atoms with Gasteiger partial charge in [-0.1, -0.05) is 34.1 Å². The van der Waals surface area contributed by atoms with Gasteiger partial charge in [0.05, 0.1) is 17.4 Å². The predicted octanol–water partition coefficient (Wildman–Crippen LogP) is 5.46. The second kappa shape index (κ2) is 7.49. The molecule has 0 radical (unpaired) electrons. The lowest BCUT2D eigenvalue weighted by atomic mass is 10.1. The standard InChI is InChI=1S/C20H18BrN3O/c1-13-5-3-4-6-18(13)23-17-10-15(11-22-12-17)20(25)24-19-8-7-16(21)9-14(19)2/h3-12,23H,1-2H3,(H,24,25). The molecule has 0 aliphatic rings. The van der Waals surface area contributed by atoms with Gasteiger partial charge in [-0.05, 0) is 55.3 Å². The van der Waals surface area contributed by atoms with Gasteiger partial charge in [-0.25, -0.2) is 0 Å². The van der Waals surface area contributed by atoms with Crippen LogP contribution < -0.4 is 10.6 Å². The molecule has 1 heterocycles. The average molecular weight is 396 g/mol. The van der Waals surface area contributed by atoms with Crippen LogP contribution in [0.2, 0.25) is 0 Å². The Bertz CT molecular complexity index is 924. The summed E-state index contributed by atoms with van der Waals surface area (Å²) in [5, 5.41) is 6.23. The van der Waals surface area contributed by atoms with Gasteiger partial charge in [-0.2, -0.15) is 0 Å². The summed E-state index contributed by atoms with van der Waals surface area (Å²) >= 11 is 3.42. The largest absolute Gasteiger partial charge is 0.354 e. The average Bonchev–Trinajstić information content (AvgIpc) is 2.60. The van der Waals surface area contributed by atoms with Gasteiger partial charge in [0, 0.05) is 22.0 Å². The highest BCUT2D eigenvalue weighted by molar-refractivity contribution is 9.10. The number of rotatable bonds is 4. The van der Waals surface area contributed by atoms with Crippen molar-refractivity contribution in [1.29, 1.82) is 0 Å². The minimum absolute atomic E-state index is 0.189. The van der Waals surface area contributed by atoms with E-state index in [4.69, 9.17) is 0 Å². The second-order valence-corrected chi connectivity index (χ2v) is 6.73. The van der Waals surface area contributed by atoms with Crippen molar-refractivity contribution in [3.05, 3.63) is 82.1 Å². The maximum Gasteiger partial charge on any atom is 0.257 e. The molecular formula is C20H18BrN3O. The Morgan fingerprint density at radius 3 is 2.52 bits per heavy atom. The predicted molar refractivity (Wildman–Crippen MR) is 106 cm³/mol. The van der Waals surface area contributed by atoms with E-state index in [-0.39, 0.29) is 5.91 Å². The van der Waals surface area contributed by atoms with Crippen LogP contribution in [0.25, 0.3) is 0 Å². The van der Waals surface area contributed by atoms with E-state index in [0.717, 1.165) is 32.7 Å². The fourth-order valence-corrected chi connectivity index (χ4v) is 2.94. The van der Waals surface area contributed by atoms with Crippen molar-refractivity contribution in [2.75, 3.05) is 10.6 Å². The SMILES string of the molecule is Cc1cc(Br)ccc1NC(=O)c1cncc(Nc2ccccc2C)c1. The van der Waals surface area contributed by atoms with Gasteiger partial charge in [-0.3, -0.25) is 9.78 Å². The number of carbonyl (C=O) groups excluding carboxylic acids is 1. The van der Waals surface area contributed by atoms with E-state index in [9.17, 15) is 4.79 Å². The monoisotopic (exact) mass is 395 g/mol. The minimum Gasteiger partial charge on any atom is -0.354 e. The lowest BCUT2D eigenvalue weighted by Crippen LogP contribution is -2.13. The number of nitrogens with one attached hydrogen (secondary N) is 2. The lowest BCUT2D eigenvalue weighted by molar-refractivity contribution is 0.102. The number of halogens is 1. The first-order valence-corrected chi connectivity index (χ1v) is 8.67. The first kappa shape index (κ1) is 17.2. The molecule has 3 aromatic rings. The van der Waals surface area contributed by atoms with Crippen LogP contribution in [0.15, 0.2) is 65.4 Å².